The van der Waals surface area contributed by atoms with E-state index in [0.29, 0.717) is 6.04 Å². The summed E-state index contributed by atoms with van der Waals surface area (Å²) in [5.41, 5.74) is 1.46. The van der Waals surface area contributed by atoms with E-state index in [4.69, 9.17) is 0 Å². The van der Waals surface area contributed by atoms with Gasteiger partial charge in [-0.2, -0.15) is 0 Å². The van der Waals surface area contributed by atoms with Crippen LogP contribution in [0.5, 0.6) is 0 Å². The Bertz CT molecular complexity index is 416. The van der Waals surface area contributed by atoms with E-state index in [1.54, 1.807) is 0 Å². The summed E-state index contributed by atoms with van der Waals surface area (Å²) in [6, 6.07) is 5.01. The first-order valence-corrected chi connectivity index (χ1v) is 7.88. The summed E-state index contributed by atoms with van der Waals surface area (Å²) in [5.74, 6) is 1.12. The van der Waals surface area contributed by atoms with Crippen LogP contribution in [0.4, 0.5) is 5.82 Å². The maximum absolute atomic E-state index is 4.56. The molecule has 1 aliphatic carbocycles. The summed E-state index contributed by atoms with van der Waals surface area (Å²) in [7, 11) is 2.19. The molecule has 1 aliphatic rings. The van der Waals surface area contributed by atoms with Crippen molar-refractivity contribution in [3.05, 3.63) is 23.9 Å². The van der Waals surface area contributed by atoms with Gasteiger partial charge in [-0.15, -0.1) is 0 Å². The normalized spacial score (nSPS) is 17.2. The van der Waals surface area contributed by atoms with Gasteiger partial charge in [0, 0.05) is 31.4 Å². The molecule has 3 nitrogen and oxygen atoms in total. The Morgan fingerprint density at radius 2 is 1.95 bits per heavy atom. The van der Waals surface area contributed by atoms with Gasteiger partial charge < -0.3 is 10.2 Å². The average Bonchev–Trinajstić information content (AvgIpc) is 2.45. The molecular weight excluding hydrogens is 246 g/mol. The van der Waals surface area contributed by atoms with Gasteiger partial charge in [-0.25, -0.2) is 4.98 Å². The maximum atomic E-state index is 4.56. The molecular formula is C17H29N3. The molecule has 2 rings (SSSR count). The van der Waals surface area contributed by atoms with Crippen LogP contribution < -0.4 is 10.2 Å². The van der Waals surface area contributed by atoms with Crippen molar-refractivity contribution < 1.29 is 0 Å². The lowest BCUT2D eigenvalue weighted by molar-refractivity contribution is 0.422. The second-order valence-electron chi connectivity index (χ2n) is 7.03. The minimum atomic E-state index is 0.151. The molecule has 0 unspecified atom stereocenters. The second kappa shape index (κ2) is 6.57. The van der Waals surface area contributed by atoms with Gasteiger partial charge in [0.05, 0.1) is 0 Å². The fourth-order valence-electron chi connectivity index (χ4n) is 2.79. The van der Waals surface area contributed by atoms with Crippen molar-refractivity contribution in [3.63, 3.8) is 0 Å². The number of rotatable bonds is 4. The molecule has 1 aromatic rings. The smallest absolute Gasteiger partial charge is 0.128 e. The van der Waals surface area contributed by atoms with E-state index in [9.17, 15) is 0 Å². The molecule has 1 N–H and O–H groups in total. The van der Waals surface area contributed by atoms with Gasteiger partial charge in [-0.1, -0.05) is 19.3 Å². The van der Waals surface area contributed by atoms with Crippen LogP contribution in [0.25, 0.3) is 0 Å². The Labute approximate surface area is 123 Å². The fourth-order valence-corrected chi connectivity index (χ4v) is 2.79. The minimum Gasteiger partial charge on any atom is -0.357 e. The van der Waals surface area contributed by atoms with E-state index < -0.39 is 0 Å². The van der Waals surface area contributed by atoms with Crippen molar-refractivity contribution in [2.45, 2.75) is 71.0 Å². The van der Waals surface area contributed by atoms with Gasteiger partial charge in [0.2, 0.25) is 0 Å². The van der Waals surface area contributed by atoms with Crippen molar-refractivity contribution in [2.75, 3.05) is 11.9 Å². The number of nitrogens with one attached hydrogen (secondary N) is 1. The zero-order valence-corrected chi connectivity index (χ0v) is 13.4. The molecule has 3 heteroatoms. The van der Waals surface area contributed by atoms with Crippen molar-refractivity contribution >= 4 is 5.82 Å². The highest BCUT2D eigenvalue weighted by molar-refractivity contribution is 5.41. The summed E-state index contributed by atoms with van der Waals surface area (Å²) < 4.78 is 0. The highest BCUT2D eigenvalue weighted by Gasteiger charge is 2.19. The molecule has 1 heterocycles. The summed E-state index contributed by atoms with van der Waals surface area (Å²) in [6.07, 6.45) is 8.67. The molecule has 1 saturated carbocycles. The molecule has 0 saturated heterocycles. The number of hydrogen-bond acceptors (Lipinski definition) is 3. The number of hydrogen-bond donors (Lipinski definition) is 1. The summed E-state index contributed by atoms with van der Waals surface area (Å²) in [4.78, 5) is 6.93. The first-order chi connectivity index (χ1) is 9.46. The van der Waals surface area contributed by atoms with Gasteiger partial charge in [0.1, 0.15) is 5.82 Å². The fraction of sp³-hybridized carbons (Fsp3) is 0.706. The zero-order valence-electron chi connectivity index (χ0n) is 13.4. The predicted octanol–water partition coefficient (Wildman–Crippen LogP) is 3.74. The van der Waals surface area contributed by atoms with E-state index in [1.807, 2.05) is 6.20 Å². The van der Waals surface area contributed by atoms with Gasteiger partial charge in [0.15, 0.2) is 0 Å². The summed E-state index contributed by atoms with van der Waals surface area (Å²) >= 11 is 0. The third-order valence-corrected chi connectivity index (χ3v) is 4.12. The minimum absolute atomic E-state index is 0.151. The molecule has 0 spiro atoms. The maximum Gasteiger partial charge on any atom is 0.128 e. The molecule has 0 bridgehead atoms. The van der Waals surface area contributed by atoms with Crippen LogP contribution in [0.1, 0.15) is 58.4 Å². The summed E-state index contributed by atoms with van der Waals surface area (Å²) in [6.45, 7) is 7.49. The molecule has 0 atom stereocenters. The highest BCUT2D eigenvalue weighted by atomic mass is 15.2. The first kappa shape index (κ1) is 15.3. The Balaban J connectivity index is 2.01. The largest absolute Gasteiger partial charge is 0.357 e. The van der Waals surface area contributed by atoms with Gasteiger partial charge in [0.25, 0.3) is 0 Å². The monoisotopic (exact) mass is 275 g/mol. The highest BCUT2D eigenvalue weighted by Crippen LogP contribution is 2.25. The van der Waals surface area contributed by atoms with Crippen LogP contribution in [0, 0.1) is 0 Å². The SMILES string of the molecule is CN(c1cc(CNC(C)(C)C)ccn1)C1CCCCC1. The Hall–Kier alpha value is -1.09. The van der Waals surface area contributed by atoms with Crippen LogP contribution in [0.3, 0.4) is 0 Å². The molecule has 0 aliphatic heterocycles. The van der Waals surface area contributed by atoms with Crippen molar-refractivity contribution in [1.82, 2.24) is 10.3 Å². The molecule has 0 amide bonds. The van der Waals surface area contributed by atoms with Crippen molar-refractivity contribution in [2.24, 2.45) is 0 Å². The lowest BCUT2D eigenvalue weighted by Crippen LogP contribution is -2.35. The lowest BCUT2D eigenvalue weighted by atomic mass is 9.94. The number of nitrogens with zero attached hydrogens (tertiary/aromatic N) is 2. The van der Waals surface area contributed by atoms with Gasteiger partial charge in [-0.3, -0.25) is 0 Å². The summed E-state index contributed by atoms with van der Waals surface area (Å²) in [5, 5.41) is 3.54. The third-order valence-electron chi connectivity index (χ3n) is 4.12. The molecule has 112 valence electrons. The average molecular weight is 275 g/mol. The Morgan fingerprint density at radius 3 is 2.60 bits per heavy atom. The molecule has 20 heavy (non-hydrogen) atoms. The number of aromatic nitrogens is 1. The molecule has 0 radical (unpaired) electrons. The second-order valence-corrected chi connectivity index (χ2v) is 7.03. The Kier molecular flexibility index (Phi) is 5.03. The van der Waals surface area contributed by atoms with E-state index in [0.717, 1.165) is 12.4 Å². The van der Waals surface area contributed by atoms with Crippen molar-refractivity contribution in [3.8, 4) is 0 Å². The van der Waals surface area contributed by atoms with Gasteiger partial charge >= 0.3 is 0 Å². The zero-order chi connectivity index (χ0) is 14.6. The quantitative estimate of drug-likeness (QED) is 0.907. The topological polar surface area (TPSA) is 28.2 Å². The van der Waals surface area contributed by atoms with Crippen LogP contribution >= 0.6 is 0 Å². The first-order valence-electron chi connectivity index (χ1n) is 7.88. The molecule has 1 aromatic heterocycles. The van der Waals surface area contributed by atoms with Crippen LogP contribution in [0.15, 0.2) is 18.3 Å². The lowest BCUT2D eigenvalue weighted by Gasteiger charge is -2.32. The van der Waals surface area contributed by atoms with Crippen LogP contribution in [-0.4, -0.2) is 23.6 Å². The number of pyridine rings is 1. The van der Waals surface area contributed by atoms with E-state index in [2.05, 4.69) is 55.2 Å². The van der Waals surface area contributed by atoms with Gasteiger partial charge in [-0.05, 0) is 51.3 Å². The third kappa shape index (κ3) is 4.48. The standard InChI is InChI=1S/C17H29N3/c1-17(2,3)19-13-14-10-11-18-16(12-14)20(4)15-8-6-5-7-9-15/h10-12,15,19H,5-9,13H2,1-4H3. The molecule has 0 aromatic carbocycles. The van der Waals surface area contributed by atoms with E-state index in [1.165, 1.54) is 37.7 Å². The van der Waals surface area contributed by atoms with Crippen molar-refractivity contribution in [1.29, 1.82) is 0 Å². The van der Waals surface area contributed by atoms with E-state index in [-0.39, 0.29) is 5.54 Å². The number of anilines is 1. The van der Waals surface area contributed by atoms with E-state index >= 15 is 0 Å². The predicted molar refractivity (Wildman–Crippen MR) is 86.1 cm³/mol. The van der Waals surface area contributed by atoms with Crippen LogP contribution in [-0.2, 0) is 6.54 Å². The Morgan fingerprint density at radius 1 is 1.25 bits per heavy atom. The van der Waals surface area contributed by atoms with Crippen LogP contribution in [0.2, 0.25) is 0 Å². The molecule has 1 fully saturated rings.